The predicted octanol–water partition coefficient (Wildman–Crippen LogP) is 1.99. The Morgan fingerprint density at radius 3 is 2.91 bits per heavy atom. The van der Waals surface area contributed by atoms with Gasteiger partial charge < -0.3 is 9.47 Å². The van der Waals surface area contributed by atoms with Crippen LogP contribution in [0.5, 0.6) is 10.9 Å². The molecule has 22 heavy (non-hydrogen) atoms. The van der Waals surface area contributed by atoms with Gasteiger partial charge in [-0.3, -0.25) is 0 Å². The van der Waals surface area contributed by atoms with Crippen molar-refractivity contribution < 1.29 is 17.9 Å². The summed E-state index contributed by atoms with van der Waals surface area (Å²) in [6.45, 7) is 0.746. The second kappa shape index (κ2) is 6.23. The fourth-order valence-corrected chi connectivity index (χ4v) is 4.59. The van der Waals surface area contributed by atoms with E-state index in [0.717, 1.165) is 0 Å². The van der Waals surface area contributed by atoms with Gasteiger partial charge in [0.15, 0.2) is 0 Å². The zero-order chi connectivity index (χ0) is 15.6. The highest BCUT2D eigenvalue weighted by Crippen LogP contribution is 2.29. The highest BCUT2D eigenvalue weighted by molar-refractivity contribution is 7.89. The molecule has 1 aliphatic heterocycles. The topological polar surface area (TPSA) is 68.7 Å². The molecule has 0 aliphatic carbocycles. The van der Waals surface area contributed by atoms with Crippen LogP contribution in [0.4, 0.5) is 0 Å². The Morgan fingerprint density at radius 2 is 2.18 bits per heavy atom. The largest absolute Gasteiger partial charge is 0.495 e. The fraction of sp³-hybridized carbons (Fsp3) is 0.357. The zero-order valence-corrected chi connectivity index (χ0v) is 13.6. The van der Waals surface area contributed by atoms with Crippen LogP contribution in [0.3, 0.4) is 0 Å². The van der Waals surface area contributed by atoms with Crippen LogP contribution >= 0.6 is 11.3 Å². The number of aromatic nitrogens is 1. The van der Waals surface area contributed by atoms with Crippen molar-refractivity contribution in [2.75, 3.05) is 20.2 Å². The maximum absolute atomic E-state index is 12.7. The Bertz CT molecular complexity index is 731. The van der Waals surface area contributed by atoms with Crippen molar-refractivity contribution >= 4 is 21.4 Å². The van der Waals surface area contributed by atoms with E-state index < -0.39 is 10.0 Å². The maximum atomic E-state index is 12.7. The van der Waals surface area contributed by atoms with Gasteiger partial charge in [0.2, 0.25) is 10.0 Å². The van der Waals surface area contributed by atoms with Crippen LogP contribution in [0.1, 0.15) is 6.42 Å². The molecule has 6 nitrogen and oxygen atoms in total. The van der Waals surface area contributed by atoms with Gasteiger partial charge in [-0.1, -0.05) is 23.5 Å². The summed E-state index contributed by atoms with van der Waals surface area (Å²) < 4.78 is 37.8. The average Bonchev–Trinajstić information content (AvgIpc) is 3.19. The molecule has 1 saturated heterocycles. The van der Waals surface area contributed by atoms with Crippen LogP contribution in [0.15, 0.2) is 40.7 Å². The van der Waals surface area contributed by atoms with Gasteiger partial charge in [0.1, 0.15) is 16.7 Å². The van der Waals surface area contributed by atoms with E-state index in [0.29, 0.717) is 30.5 Å². The first-order valence-corrected chi connectivity index (χ1v) is 9.12. The molecule has 0 spiro atoms. The fourth-order valence-electron chi connectivity index (χ4n) is 2.39. The molecule has 118 valence electrons. The van der Waals surface area contributed by atoms with Crippen molar-refractivity contribution in [1.29, 1.82) is 0 Å². The minimum atomic E-state index is -3.58. The number of sulfonamides is 1. The van der Waals surface area contributed by atoms with E-state index in [1.54, 1.807) is 30.5 Å². The van der Waals surface area contributed by atoms with Gasteiger partial charge in [-0.25, -0.2) is 13.4 Å². The summed E-state index contributed by atoms with van der Waals surface area (Å²) in [7, 11) is -2.12. The van der Waals surface area contributed by atoms with E-state index in [9.17, 15) is 8.42 Å². The van der Waals surface area contributed by atoms with Crippen LogP contribution in [0, 0.1) is 0 Å². The molecule has 8 heteroatoms. The molecule has 2 heterocycles. The highest BCUT2D eigenvalue weighted by atomic mass is 32.2. The zero-order valence-electron chi connectivity index (χ0n) is 12.0. The van der Waals surface area contributed by atoms with Crippen LogP contribution in [-0.2, 0) is 10.0 Å². The number of rotatable bonds is 5. The Labute approximate surface area is 133 Å². The molecule has 0 bridgehead atoms. The van der Waals surface area contributed by atoms with Gasteiger partial charge in [0.25, 0.3) is 5.19 Å². The lowest BCUT2D eigenvalue weighted by atomic mass is 10.3. The molecule has 0 amide bonds. The summed E-state index contributed by atoms with van der Waals surface area (Å²) in [5, 5.41) is 2.40. The monoisotopic (exact) mass is 340 g/mol. The van der Waals surface area contributed by atoms with E-state index in [1.165, 1.54) is 22.8 Å². The number of benzene rings is 1. The van der Waals surface area contributed by atoms with Gasteiger partial charge in [0, 0.05) is 18.1 Å². The highest BCUT2D eigenvalue weighted by Gasteiger charge is 2.35. The molecule has 2 aromatic rings. The smallest absolute Gasteiger partial charge is 0.273 e. The minimum absolute atomic E-state index is 0.171. The van der Waals surface area contributed by atoms with E-state index in [-0.39, 0.29) is 11.0 Å². The summed E-state index contributed by atoms with van der Waals surface area (Å²) in [5.74, 6) is 0.354. The molecule has 1 fully saturated rings. The quantitative estimate of drug-likeness (QED) is 0.833. The summed E-state index contributed by atoms with van der Waals surface area (Å²) in [4.78, 5) is 4.25. The average molecular weight is 340 g/mol. The molecule has 1 aromatic carbocycles. The predicted molar refractivity (Wildman–Crippen MR) is 82.9 cm³/mol. The number of para-hydroxylation sites is 1. The first kappa shape index (κ1) is 15.3. The van der Waals surface area contributed by atoms with Gasteiger partial charge >= 0.3 is 0 Å². The van der Waals surface area contributed by atoms with Crippen molar-refractivity contribution in [3.05, 3.63) is 35.8 Å². The van der Waals surface area contributed by atoms with Gasteiger partial charge in [-0.05, 0) is 18.6 Å². The van der Waals surface area contributed by atoms with Crippen molar-refractivity contribution in [2.24, 2.45) is 0 Å². The Hall–Kier alpha value is -1.64. The molecular formula is C14H16N2O4S2. The first-order valence-electron chi connectivity index (χ1n) is 6.80. The number of thiazole rings is 1. The number of nitrogens with zero attached hydrogens (tertiary/aromatic N) is 2. The van der Waals surface area contributed by atoms with E-state index >= 15 is 0 Å². The molecule has 0 radical (unpaired) electrons. The molecule has 1 aromatic heterocycles. The first-order chi connectivity index (χ1) is 10.6. The second-order valence-corrected chi connectivity index (χ2v) is 7.60. The third-order valence-electron chi connectivity index (χ3n) is 3.47. The molecule has 1 atom stereocenters. The van der Waals surface area contributed by atoms with Crippen LogP contribution in [0.25, 0.3) is 0 Å². The molecule has 1 unspecified atom stereocenters. The molecule has 1 aliphatic rings. The van der Waals surface area contributed by atoms with Crippen molar-refractivity contribution in [3.63, 3.8) is 0 Å². The summed E-state index contributed by atoms with van der Waals surface area (Å²) in [5.41, 5.74) is 0. The van der Waals surface area contributed by atoms with Gasteiger partial charge in [-0.2, -0.15) is 4.31 Å². The van der Waals surface area contributed by atoms with Crippen LogP contribution in [0.2, 0.25) is 0 Å². The summed E-state index contributed by atoms with van der Waals surface area (Å²) in [6, 6.07) is 6.64. The Morgan fingerprint density at radius 1 is 1.36 bits per heavy atom. The normalized spacial score (nSPS) is 19.2. The summed E-state index contributed by atoms with van der Waals surface area (Å²) in [6.07, 6.45) is 2.14. The van der Waals surface area contributed by atoms with E-state index in [4.69, 9.17) is 9.47 Å². The van der Waals surface area contributed by atoms with Crippen molar-refractivity contribution in [2.45, 2.75) is 17.4 Å². The van der Waals surface area contributed by atoms with E-state index in [2.05, 4.69) is 4.98 Å². The molecular weight excluding hydrogens is 324 g/mol. The lowest BCUT2D eigenvalue weighted by Gasteiger charge is -2.18. The standard InChI is InChI=1S/C14H16N2O4S2/c1-19-12-4-2-3-5-13(12)22(17,18)16-8-6-11(10-16)20-14-15-7-9-21-14/h2-5,7,9,11H,6,8,10H2,1H3. The number of ether oxygens (including phenoxy) is 2. The minimum Gasteiger partial charge on any atom is -0.495 e. The lowest BCUT2D eigenvalue weighted by Crippen LogP contribution is -2.31. The molecule has 0 saturated carbocycles. The van der Waals surface area contributed by atoms with E-state index in [1.807, 2.05) is 5.38 Å². The third kappa shape index (κ3) is 2.94. The molecule has 0 N–H and O–H groups in total. The number of hydrogen-bond donors (Lipinski definition) is 0. The van der Waals surface area contributed by atoms with Crippen LogP contribution in [-0.4, -0.2) is 44.0 Å². The SMILES string of the molecule is COc1ccccc1S(=O)(=O)N1CCC(Oc2nccs2)C1. The third-order valence-corrected chi connectivity index (χ3v) is 6.04. The molecule has 3 rings (SSSR count). The summed E-state index contributed by atoms with van der Waals surface area (Å²) >= 11 is 1.40. The number of hydrogen-bond acceptors (Lipinski definition) is 6. The maximum Gasteiger partial charge on any atom is 0.273 e. The van der Waals surface area contributed by atoms with Gasteiger partial charge in [-0.15, -0.1) is 0 Å². The Kier molecular flexibility index (Phi) is 4.32. The van der Waals surface area contributed by atoms with Crippen LogP contribution < -0.4 is 9.47 Å². The second-order valence-electron chi connectivity index (χ2n) is 4.84. The van der Waals surface area contributed by atoms with Crippen molar-refractivity contribution in [3.8, 4) is 10.9 Å². The van der Waals surface area contributed by atoms with Crippen molar-refractivity contribution in [1.82, 2.24) is 9.29 Å². The Balaban J connectivity index is 1.76. The van der Waals surface area contributed by atoms with Gasteiger partial charge in [0.05, 0.1) is 13.7 Å². The number of methoxy groups -OCH3 is 1. The lowest BCUT2D eigenvalue weighted by molar-refractivity contribution is 0.214.